The van der Waals surface area contributed by atoms with Gasteiger partial charge in [-0.3, -0.25) is 4.79 Å². The van der Waals surface area contributed by atoms with Gasteiger partial charge in [0.25, 0.3) is 0 Å². The minimum absolute atomic E-state index is 0.00866. The summed E-state index contributed by atoms with van der Waals surface area (Å²) < 4.78 is 30.5. The van der Waals surface area contributed by atoms with Crippen molar-refractivity contribution in [2.24, 2.45) is 0 Å². The van der Waals surface area contributed by atoms with E-state index in [1.165, 1.54) is 25.3 Å². The molecule has 0 amide bonds. The highest BCUT2D eigenvalue weighted by Crippen LogP contribution is 2.40. The van der Waals surface area contributed by atoms with Gasteiger partial charge in [-0.1, -0.05) is 29.8 Å². The van der Waals surface area contributed by atoms with Gasteiger partial charge in [0, 0.05) is 11.1 Å². The lowest BCUT2D eigenvalue weighted by atomic mass is 10.1. The summed E-state index contributed by atoms with van der Waals surface area (Å²) in [6.07, 6.45) is 1.31. The van der Waals surface area contributed by atoms with Crippen LogP contribution in [0, 0.1) is 12.7 Å². The fourth-order valence-corrected chi connectivity index (χ4v) is 3.54. The third kappa shape index (κ3) is 4.09. The number of ether oxygens (including phenoxy) is 3. The van der Waals surface area contributed by atoms with Crippen molar-refractivity contribution < 1.29 is 28.2 Å². The molecule has 3 aromatic carbocycles. The second-order valence-electron chi connectivity index (χ2n) is 7.12. The summed E-state index contributed by atoms with van der Waals surface area (Å²) in [6.45, 7) is 2.03. The molecule has 32 heavy (non-hydrogen) atoms. The van der Waals surface area contributed by atoms with Crippen molar-refractivity contribution in [2.45, 2.75) is 13.5 Å². The number of hydrogen-bond donors (Lipinski definition) is 0. The highest BCUT2D eigenvalue weighted by atomic mass is 35.5. The summed E-state index contributed by atoms with van der Waals surface area (Å²) in [5.41, 5.74) is 2.41. The van der Waals surface area contributed by atoms with Crippen LogP contribution in [0.3, 0.4) is 0 Å². The molecule has 1 heterocycles. The standard InChI is InChI=1S/C25H18ClFO5/c1-14-21(31-13-15-6-8-16(9-7-15)25(29)30-2)11-10-17-23(28)22(32-24(14)17)12-18-19(26)4-3-5-20(18)27/h3-12H,13H2,1-2H3/b22-12-. The molecule has 0 N–H and O–H groups in total. The molecule has 0 fully saturated rings. The first kappa shape index (κ1) is 21.6. The number of allylic oxidation sites excluding steroid dienone is 1. The van der Waals surface area contributed by atoms with Gasteiger partial charge >= 0.3 is 5.97 Å². The second kappa shape index (κ2) is 8.85. The van der Waals surface area contributed by atoms with Crippen LogP contribution < -0.4 is 9.47 Å². The SMILES string of the molecule is COC(=O)c1ccc(COc2ccc3c(c2C)O/C(=C\c2c(F)cccc2Cl)C3=O)cc1. The summed E-state index contributed by atoms with van der Waals surface area (Å²) in [7, 11) is 1.33. The van der Waals surface area contributed by atoms with Crippen LogP contribution in [0.15, 0.2) is 60.4 Å². The monoisotopic (exact) mass is 452 g/mol. The van der Waals surface area contributed by atoms with E-state index in [0.717, 1.165) is 5.56 Å². The minimum atomic E-state index is -0.545. The quantitative estimate of drug-likeness (QED) is 0.363. The zero-order valence-corrected chi connectivity index (χ0v) is 18.0. The molecule has 0 aliphatic carbocycles. The molecule has 0 saturated heterocycles. The summed E-state index contributed by atoms with van der Waals surface area (Å²) in [4.78, 5) is 24.3. The van der Waals surface area contributed by atoms with Crippen LogP contribution in [-0.2, 0) is 11.3 Å². The highest BCUT2D eigenvalue weighted by molar-refractivity contribution is 6.32. The van der Waals surface area contributed by atoms with Crippen molar-refractivity contribution in [3.05, 3.63) is 99.0 Å². The number of carbonyl (C=O) groups excluding carboxylic acids is 2. The van der Waals surface area contributed by atoms with Crippen LogP contribution in [0.4, 0.5) is 4.39 Å². The molecule has 1 aliphatic heterocycles. The molecule has 0 radical (unpaired) electrons. The van der Waals surface area contributed by atoms with Crippen molar-refractivity contribution in [1.82, 2.24) is 0 Å². The first-order valence-corrected chi connectivity index (χ1v) is 10.1. The lowest BCUT2D eigenvalue weighted by Crippen LogP contribution is -2.02. The Balaban J connectivity index is 1.54. The summed E-state index contributed by atoms with van der Waals surface area (Å²) in [5, 5.41) is 0.184. The molecule has 0 unspecified atom stereocenters. The van der Waals surface area contributed by atoms with Gasteiger partial charge in [-0.25, -0.2) is 9.18 Å². The van der Waals surface area contributed by atoms with Crippen LogP contribution in [-0.4, -0.2) is 18.9 Å². The zero-order valence-electron chi connectivity index (χ0n) is 17.3. The molecule has 7 heteroatoms. The number of fused-ring (bicyclic) bond motifs is 1. The maximum atomic E-state index is 14.1. The Labute approximate surface area is 189 Å². The number of hydrogen-bond acceptors (Lipinski definition) is 5. The number of methoxy groups -OCH3 is 1. The van der Waals surface area contributed by atoms with Gasteiger partial charge in [0.1, 0.15) is 23.9 Å². The molecule has 0 bridgehead atoms. The summed E-state index contributed by atoms with van der Waals surface area (Å²) in [5.74, 6) is -0.408. The van der Waals surface area contributed by atoms with Crippen LogP contribution in [0.5, 0.6) is 11.5 Å². The lowest BCUT2D eigenvalue weighted by Gasteiger charge is -2.12. The van der Waals surface area contributed by atoms with Crippen molar-refractivity contribution in [1.29, 1.82) is 0 Å². The first-order chi connectivity index (χ1) is 15.4. The normalized spacial score (nSPS) is 13.6. The fourth-order valence-electron chi connectivity index (χ4n) is 3.32. The number of Topliss-reactive ketones (excluding diaryl/α,β-unsaturated/α-hetero) is 1. The van der Waals surface area contributed by atoms with Gasteiger partial charge in [-0.2, -0.15) is 0 Å². The number of benzene rings is 3. The van der Waals surface area contributed by atoms with Crippen molar-refractivity contribution in [3.63, 3.8) is 0 Å². The number of halogens is 2. The van der Waals surface area contributed by atoms with E-state index in [0.29, 0.717) is 28.2 Å². The Bertz CT molecular complexity index is 1230. The lowest BCUT2D eigenvalue weighted by molar-refractivity contribution is 0.0600. The zero-order chi connectivity index (χ0) is 22.8. The summed E-state index contributed by atoms with van der Waals surface area (Å²) in [6, 6.07) is 14.5. The number of ketones is 1. The van der Waals surface area contributed by atoms with E-state index in [2.05, 4.69) is 4.74 Å². The van der Waals surface area contributed by atoms with E-state index >= 15 is 0 Å². The van der Waals surface area contributed by atoms with Gasteiger partial charge in [0.2, 0.25) is 5.78 Å². The summed E-state index contributed by atoms with van der Waals surface area (Å²) >= 11 is 6.06. The van der Waals surface area contributed by atoms with Crippen LogP contribution in [0.2, 0.25) is 5.02 Å². The average Bonchev–Trinajstić information content (AvgIpc) is 3.12. The maximum Gasteiger partial charge on any atom is 0.337 e. The van der Waals surface area contributed by atoms with Crippen molar-refractivity contribution in [2.75, 3.05) is 7.11 Å². The molecule has 0 saturated carbocycles. The van der Waals surface area contributed by atoms with Gasteiger partial charge in [0.15, 0.2) is 5.76 Å². The number of rotatable bonds is 5. The predicted molar refractivity (Wildman–Crippen MR) is 118 cm³/mol. The van der Waals surface area contributed by atoms with E-state index in [-0.39, 0.29) is 28.7 Å². The Morgan fingerprint density at radius 2 is 1.88 bits per heavy atom. The Hall–Kier alpha value is -3.64. The molecule has 0 spiro atoms. The van der Waals surface area contributed by atoms with Crippen LogP contribution in [0.25, 0.3) is 6.08 Å². The highest BCUT2D eigenvalue weighted by Gasteiger charge is 2.30. The fraction of sp³-hybridized carbons (Fsp3) is 0.120. The van der Waals surface area contributed by atoms with E-state index in [1.807, 2.05) is 0 Å². The molecule has 0 aromatic heterocycles. The molecule has 0 atom stereocenters. The van der Waals surface area contributed by atoms with E-state index < -0.39 is 11.8 Å². The van der Waals surface area contributed by atoms with Gasteiger partial charge in [-0.15, -0.1) is 0 Å². The molecule has 162 valence electrons. The third-order valence-corrected chi connectivity index (χ3v) is 5.41. The molecular formula is C25H18ClFO5. The average molecular weight is 453 g/mol. The molecular weight excluding hydrogens is 435 g/mol. The van der Waals surface area contributed by atoms with Gasteiger partial charge in [-0.05, 0) is 55.0 Å². The number of carbonyl (C=O) groups is 2. The Morgan fingerprint density at radius 3 is 2.56 bits per heavy atom. The molecule has 1 aliphatic rings. The Morgan fingerprint density at radius 1 is 1.12 bits per heavy atom. The molecule has 5 nitrogen and oxygen atoms in total. The molecule has 4 rings (SSSR count). The minimum Gasteiger partial charge on any atom is -0.488 e. The van der Waals surface area contributed by atoms with Gasteiger partial charge < -0.3 is 14.2 Å². The van der Waals surface area contributed by atoms with E-state index in [9.17, 15) is 14.0 Å². The third-order valence-electron chi connectivity index (χ3n) is 5.08. The van der Waals surface area contributed by atoms with E-state index in [4.69, 9.17) is 21.1 Å². The topological polar surface area (TPSA) is 61.8 Å². The first-order valence-electron chi connectivity index (χ1n) is 9.71. The Kier molecular flexibility index (Phi) is 5.97. The largest absolute Gasteiger partial charge is 0.488 e. The van der Waals surface area contributed by atoms with E-state index in [1.54, 1.807) is 49.4 Å². The van der Waals surface area contributed by atoms with Crippen molar-refractivity contribution >= 4 is 29.4 Å². The van der Waals surface area contributed by atoms with Crippen LogP contribution >= 0.6 is 11.6 Å². The van der Waals surface area contributed by atoms with Crippen LogP contribution in [0.1, 0.15) is 37.4 Å². The smallest absolute Gasteiger partial charge is 0.337 e. The second-order valence-corrected chi connectivity index (χ2v) is 7.52. The maximum absolute atomic E-state index is 14.1. The predicted octanol–water partition coefficient (Wildman–Crippen LogP) is 5.77. The molecule has 3 aromatic rings. The van der Waals surface area contributed by atoms with Gasteiger partial charge in [0.05, 0.1) is 23.3 Å². The number of esters is 1. The van der Waals surface area contributed by atoms with Crippen molar-refractivity contribution in [3.8, 4) is 11.5 Å².